The fourth-order valence-corrected chi connectivity index (χ4v) is 1.09. The maximum absolute atomic E-state index is 13.1. The van der Waals surface area contributed by atoms with E-state index in [4.69, 9.17) is 10.2 Å². The van der Waals surface area contributed by atoms with Crippen LogP contribution in [0.4, 0.5) is 13.2 Å². The first-order valence-electron chi connectivity index (χ1n) is 5.01. The zero-order valence-electron chi connectivity index (χ0n) is 9.72. The number of aliphatic hydroxyl groups is 2. The molecule has 0 spiro atoms. The molecule has 0 aliphatic rings. The van der Waals surface area contributed by atoms with Gasteiger partial charge in [0, 0.05) is 0 Å². The number of benzene rings is 1. The van der Waals surface area contributed by atoms with Gasteiger partial charge in [0.05, 0.1) is 12.7 Å². The third-order valence-electron chi connectivity index (χ3n) is 2.17. The molecule has 1 unspecified atom stereocenters. The number of alkyl halides is 3. The molecule has 0 fully saturated rings. The van der Waals surface area contributed by atoms with Gasteiger partial charge in [-0.05, 0) is 24.3 Å². The molecule has 1 rings (SSSR count). The van der Waals surface area contributed by atoms with Crippen LogP contribution in [0.1, 0.15) is 10.4 Å². The van der Waals surface area contributed by atoms with Gasteiger partial charge < -0.3 is 19.7 Å². The van der Waals surface area contributed by atoms with Gasteiger partial charge in [0.1, 0.15) is 5.75 Å². The summed E-state index contributed by atoms with van der Waals surface area (Å²) in [6.07, 6.45) is -6.78. The molecule has 0 amide bonds. The highest BCUT2D eigenvalue weighted by Gasteiger charge is 2.46. The van der Waals surface area contributed by atoms with Crippen molar-refractivity contribution in [3.8, 4) is 5.75 Å². The molecule has 0 saturated carbocycles. The smallest absolute Gasteiger partial charge is 0.337 e. The molecule has 106 valence electrons. The zero-order chi connectivity index (χ0) is 14.6. The summed E-state index contributed by atoms with van der Waals surface area (Å²) in [5.74, 6) is -4.82. The average Bonchev–Trinajstić information content (AvgIpc) is 2.38. The summed E-state index contributed by atoms with van der Waals surface area (Å²) >= 11 is 0. The van der Waals surface area contributed by atoms with Gasteiger partial charge in [0.2, 0.25) is 0 Å². The second kappa shape index (κ2) is 5.89. The van der Waals surface area contributed by atoms with Crippen LogP contribution in [0.25, 0.3) is 0 Å². The Balaban J connectivity index is 2.76. The second-order valence-electron chi connectivity index (χ2n) is 3.53. The fourth-order valence-electron chi connectivity index (χ4n) is 1.09. The van der Waals surface area contributed by atoms with Crippen molar-refractivity contribution >= 4 is 5.97 Å². The molecule has 5 nitrogen and oxygen atoms in total. The summed E-state index contributed by atoms with van der Waals surface area (Å²) < 4.78 is 46.1. The van der Waals surface area contributed by atoms with Gasteiger partial charge in [-0.1, -0.05) is 0 Å². The van der Waals surface area contributed by atoms with Gasteiger partial charge in [-0.25, -0.2) is 13.6 Å². The quantitative estimate of drug-likeness (QED) is 0.624. The first kappa shape index (κ1) is 15.3. The lowest BCUT2D eigenvalue weighted by Crippen LogP contribution is -2.49. The Morgan fingerprint density at radius 2 is 1.74 bits per heavy atom. The van der Waals surface area contributed by atoms with Crippen LogP contribution in [0.2, 0.25) is 0 Å². The lowest BCUT2D eigenvalue weighted by atomic mass is 10.2. The molecule has 0 radical (unpaired) electrons. The number of halogens is 3. The van der Waals surface area contributed by atoms with E-state index in [0.29, 0.717) is 0 Å². The molecule has 19 heavy (non-hydrogen) atoms. The molecule has 1 atom stereocenters. The third-order valence-corrected chi connectivity index (χ3v) is 2.17. The predicted molar refractivity (Wildman–Crippen MR) is 56.5 cm³/mol. The molecular weight excluding hydrogens is 269 g/mol. The van der Waals surface area contributed by atoms with Crippen molar-refractivity contribution in [2.75, 3.05) is 7.11 Å². The first-order chi connectivity index (χ1) is 8.78. The van der Waals surface area contributed by atoms with E-state index in [0.717, 1.165) is 12.1 Å². The van der Waals surface area contributed by atoms with E-state index in [1.807, 2.05) is 0 Å². The summed E-state index contributed by atoms with van der Waals surface area (Å²) in [5, 5.41) is 17.5. The molecule has 2 N–H and O–H groups in total. The topological polar surface area (TPSA) is 76.0 Å². The fraction of sp³-hybridized carbons (Fsp3) is 0.364. The largest absolute Gasteiger partial charge is 0.465 e. The third kappa shape index (κ3) is 3.58. The maximum Gasteiger partial charge on any atom is 0.337 e. The lowest BCUT2D eigenvalue weighted by molar-refractivity contribution is -0.307. The van der Waals surface area contributed by atoms with Crippen LogP contribution in [0.3, 0.4) is 0 Å². The Labute approximate surface area is 106 Å². The average molecular weight is 280 g/mol. The normalized spacial score (nSPS) is 13.2. The van der Waals surface area contributed by atoms with Crippen molar-refractivity contribution in [3.05, 3.63) is 29.8 Å². The molecule has 0 aliphatic carbocycles. The van der Waals surface area contributed by atoms with Crippen molar-refractivity contribution in [1.82, 2.24) is 0 Å². The highest BCUT2D eigenvalue weighted by molar-refractivity contribution is 5.89. The molecule has 1 aromatic carbocycles. The molecule has 8 heteroatoms. The summed E-state index contributed by atoms with van der Waals surface area (Å²) in [4.78, 5) is 11.1. The number of rotatable bonds is 5. The number of hydrogen-bond acceptors (Lipinski definition) is 5. The predicted octanol–water partition coefficient (Wildman–Crippen LogP) is 1.09. The maximum atomic E-state index is 13.1. The van der Waals surface area contributed by atoms with Gasteiger partial charge in [-0.3, -0.25) is 0 Å². The Morgan fingerprint density at radius 3 is 2.16 bits per heavy atom. The van der Waals surface area contributed by atoms with E-state index in [1.165, 1.54) is 19.2 Å². The van der Waals surface area contributed by atoms with Gasteiger partial charge in [0.25, 0.3) is 18.6 Å². The molecule has 0 saturated heterocycles. The highest BCUT2D eigenvalue weighted by atomic mass is 19.3. The second-order valence-corrected chi connectivity index (χ2v) is 3.53. The number of carbonyl (C=O) groups excluding carboxylic acids is 1. The number of hydrogen-bond donors (Lipinski definition) is 2. The molecule has 0 aromatic heterocycles. The minimum absolute atomic E-state index is 0.137. The van der Waals surface area contributed by atoms with Gasteiger partial charge in [-0.2, -0.15) is 4.39 Å². The molecule has 0 aliphatic heterocycles. The molecule has 0 heterocycles. The summed E-state index contributed by atoms with van der Waals surface area (Å²) in [6, 6.07) is 4.60. The summed E-state index contributed by atoms with van der Waals surface area (Å²) in [6.45, 7) is 0. The SMILES string of the molecule is COC(=O)c1ccc(OC(F)C(O)(O)C(F)F)cc1. The van der Waals surface area contributed by atoms with E-state index in [1.54, 1.807) is 0 Å². The van der Waals surface area contributed by atoms with Crippen LogP contribution in [-0.4, -0.2) is 41.9 Å². The summed E-state index contributed by atoms with van der Waals surface area (Å²) in [5.41, 5.74) is 0.137. The van der Waals surface area contributed by atoms with E-state index in [-0.39, 0.29) is 11.3 Å². The standard InChI is InChI=1S/C11H11F3O5/c1-18-8(15)6-2-4-7(5-3-6)19-10(14)11(16,17)9(12)13/h2-5,9-10,16-17H,1H3. The number of ether oxygens (including phenoxy) is 2. The van der Waals surface area contributed by atoms with Crippen LogP contribution in [0.15, 0.2) is 24.3 Å². The van der Waals surface area contributed by atoms with Crippen molar-refractivity contribution in [3.63, 3.8) is 0 Å². The van der Waals surface area contributed by atoms with Crippen molar-refractivity contribution in [1.29, 1.82) is 0 Å². The number of carbonyl (C=O) groups is 1. The van der Waals surface area contributed by atoms with E-state index in [2.05, 4.69) is 9.47 Å². The van der Waals surface area contributed by atoms with Crippen LogP contribution in [0.5, 0.6) is 5.75 Å². The van der Waals surface area contributed by atoms with Crippen molar-refractivity contribution in [2.45, 2.75) is 18.6 Å². The Bertz CT molecular complexity index is 432. The van der Waals surface area contributed by atoms with E-state index in [9.17, 15) is 18.0 Å². The van der Waals surface area contributed by atoms with Crippen molar-refractivity contribution < 1.29 is 37.7 Å². The van der Waals surface area contributed by atoms with Crippen LogP contribution in [0, 0.1) is 0 Å². The summed E-state index contributed by atoms with van der Waals surface area (Å²) in [7, 11) is 1.17. The monoisotopic (exact) mass is 280 g/mol. The Morgan fingerprint density at radius 1 is 1.21 bits per heavy atom. The van der Waals surface area contributed by atoms with Crippen molar-refractivity contribution in [2.24, 2.45) is 0 Å². The Kier molecular flexibility index (Phi) is 4.73. The highest BCUT2D eigenvalue weighted by Crippen LogP contribution is 2.23. The minimum Gasteiger partial charge on any atom is -0.465 e. The minimum atomic E-state index is -3.92. The van der Waals surface area contributed by atoms with Gasteiger partial charge in [0.15, 0.2) is 0 Å². The zero-order valence-corrected chi connectivity index (χ0v) is 9.72. The molecular formula is C11H11F3O5. The van der Waals surface area contributed by atoms with E-state index >= 15 is 0 Å². The van der Waals surface area contributed by atoms with Crippen LogP contribution >= 0.6 is 0 Å². The van der Waals surface area contributed by atoms with Crippen LogP contribution in [-0.2, 0) is 4.74 Å². The molecule has 1 aromatic rings. The first-order valence-corrected chi connectivity index (χ1v) is 5.01. The lowest BCUT2D eigenvalue weighted by Gasteiger charge is -2.24. The van der Waals surface area contributed by atoms with Gasteiger partial charge in [-0.15, -0.1) is 0 Å². The number of methoxy groups -OCH3 is 1. The van der Waals surface area contributed by atoms with E-state index < -0.39 is 24.5 Å². The van der Waals surface area contributed by atoms with Crippen LogP contribution < -0.4 is 4.74 Å². The molecule has 0 bridgehead atoms. The Hall–Kier alpha value is -1.80. The van der Waals surface area contributed by atoms with Gasteiger partial charge >= 0.3 is 5.97 Å². The number of esters is 1.